The van der Waals surface area contributed by atoms with Crippen LogP contribution in [0.1, 0.15) is 26.2 Å². The molecule has 0 aromatic heterocycles. The smallest absolute Gasteiger partial charge is 0.0789 e. The highest BCUT2D eigenvalue weighted by atomic mass is 35.5. The average Bonchev–Trinajstić information content (AvgIpc) is 3.14. The summed E-state index contributed by atoms with van der Waals surface area (Å²) in [7, 11) is 3.98. The zero-order valence-electron chi connectivity index (χ0n) is 11.4. The molecule has 2 nitrogen and oxygen atoms in total. The van der Waals surface area contributed by atoms with Crippen molar-refractivity contribution in [3.63, 3.8) is 0 Å². The van der Waals surface area contributed by atoms with Crippen molar-refractivity contribution >= 4 is 11.6 Å². The second kappa shape index (κ2) is 5.63. The molecule has 0 bridgehead atoms. The Hall–Kier alpha value is -0.530. The van der Waals surface area contributed by atoms with Gasteiger partial charge in [-0.15, -0.1) is 5.73 Å². The summed E-state index contributed by atoms with van der Waals surface area (Å²) in [6, 6.07) is 0.755. The van der Waals surface area contributed by atoms with E-state index < -0.39 is 0 Å². The van der Waals surface area contributed by atoms with Gasteiger partial charge in [-0.05, 0) is 26.0 Å². The van der Waals surface area contributed by atoms with E-state index in [4.69, 9.17) is 16.3 Å². The Labute approximate surface area is 115 Å². The molecule has 0 aliphatic heterocycles. The molecular weight excluding hydrogens is 246 g/mol. The number of methoxy groups -OCH3 is 1. The minimum absolute atomic E-state index is 0.0605. The van der Waals surface area contributed by atoms with Gasteiger partial charge in [0.2, 0.25) is 0 Å². The van der Waals surface area contributed by atoms with Gasteiger partial charge in [-0.2, -0.15) is 0 Å². The van der Waals surface area contributed by atoms with Crippen LogP contribution in [-0.2, 0) is 4.74 Å². The number of hydrogen-bond donors (Lipinski definition) is 0. The third kappa shape index (κ3) is 3.27. The molecule has 1 unspecified atom stereocenters. The maximum absolute atomic E-state index is 6.18. The van der Waals surface area contributed by atoms with Gasteiger partial charge in [0.25, 0.3) is 0 Å². The highest BCUT2D eigenvalue weighted by molar-refractivity contribution is 6.29. The Kier molecular flexibility index (Phi) is 4.34. The maximum atomic E-state index is 6.18. The molecule has 100 valence electrons. The normalized spacial score (nSPS) is 29.3. The topological polar surface area (TPSA) is 12.5 Å². The van der Waals surface area contributed by atoms with Gasteiger partial charge in [0.1, 0.15) is 0 Å². The Morgan fingerprint density at radius 1 is 1.61 bits per heavy atom. The first-order chi connectivity index (χ1) is 8.55. The van der Waals surface area contributed by atoms with E-state index in [0.717, 1.165) is 24.0 Å². The molecule has 0 heterocycles. The second-order valence-corrected chi connectivity index (χ2v) is 6.11. The first kappa shape index (κ1) is 13.9. The largest absolute Gasteiger partial charge is 0.379 e. The summed E-state index contributed by atoms with van der Waals surface area (Å²) in [5, 5.41) is 0.777. The lowest BCUT2D eigenvalue weighted by molar-refractivity contribution is 0.000528. The Bertz CT molecular complexity index is 393. The summed E-state index contributed by atoms with van der Waals surface area (Å²) < 4.78 is 5.74. The fourth-order valence-electron chi connectivity index (χ4n) is 2.55. The number of halogens is 1. The molecule has 2 rings (SSSR count). The van der Waals surface area contributed by atoms with Gasteiger partial charge < -0.3 is 9.64 Å². The number of nitrogens with zero attached hydrogens (tertiary/aromatic N) is 1. The summed E-state index contributed by atoms with van der Waals surface area (Å²) in [5.74, 6) is 0. The van der Waals surface area contributed by atoms with Crippen LogP contribution in [0.2, 0.25) is 0 Å². The molecule has 2 aliphatic rings. The van der Waals surface area contributed by atoms with Crippen LogP contribution in [0.5, 0.6) is 0 Å². The van der Waals surface area contributed by atoms with E-state index >= 15 is 0 Å². The quantitative estimate of drug-likeness (QED) is 0.709. The van der Waals surface area contributed by atoms with Gasteiger partial charge in [0.15, 0.2) is 0 Å². The molecule has 0 aromatic carbocycles. The number of likely N-dealkylation sites (N-methyl/N-ethyl adjacent to an activating group) is 1. The SMILES string of the molecule is COC(CN(C)C1CC1)[C@@]1(C)C=CC=C=C(Cl)C1. The monoisotopic (exact) mass is 267 g/mol. The predicted octanol–water partition coefficient (Wildman–Crippen LogP) is 3.34. The van der Waals surface area contributed by atoms with Crippen molar-refractivity contribution in [1.82, 2.24) is 4.90 Å². The zero-order valence-corrected chi connectivity index (χ0v) is 12.2. The van der Waals surface area contributed by atoms with E-state index in [2.05, 4.69) is 30.7 Å². The van der Waals surface area contributed by atoms with Crippen LogP contribution in [0.15, 0.2) is 29.0 Å². The van der Waals surface area contributed by atoms with Crippen LogP contribution in [0.25, 0.3) is 0 Å². The van der Waals surface area contributed by atoms with Gasteiger partial charge in [0.05, 0.1) is 11.1 Å². The van der Waals surface area contributed by atoms with Crippen LogP contribution in [0.3, 0.4) is 0 Å². The predicted molar refractivity (Wildman–Crippen MR) is 75.8 cm³/mol. The minimum Gasteiger partial charge on any atom is -0.379 e. The standard InChI is InChI=1S/C15H22ClNO/c1-15(9-5-4-6-12(16)10-15)14(18-3)11-17(2)13-7-8-13/h4-5,9,13-14H,7-8,10-11H2,1-3H3/t14?,15-/m0/s1. The fourth-order valence-corrected chi connectivity index (χ4v) is 2.90. The van der Waals surface area contributed by atoms with E-state index in [1.165, 1.54) is 12.8 Å². The van der Waals surface area contributed by atoms with Crippen molar-refractivity contribution in [2.75, 3.05) is 20.7 Å². The minimum atomic E-state index is -0.0605. The van der Waals surface area contributed by atoms with Crippen LogP contribution in [0.4, 0.5) is 0 Å². The van der Waals surface area contributed by atoms with E-state index in [1.807, 2.05) is 12.2 Å². The Morgan fingerprint density at radius 3 is 2.94 bits per heavy atom. The lowest BCUT2D eigenvalue weighted by Gasteiger charge is -2.36. The Morgan fingerprint density at radius 2 is 2.33 bits per heavy atom. The highest BCUT2D eigenvalue weighted by Gasteiger charge is 2.36. The van der Waals surface area contributed by atoms with E-state index in [-0.39, 0.29) is 11.5 Å². The van der Waals surface area contributed by atoms with E-state index in [1.54, 1.807) is 7.11 Å². The molecule has 2 atom stereocenters. The zero-order chi connectivity index (χ0) is 13.2. The lowest BCUT2D eigenvalue weighted by Crippen LogP contribution is -2.42. The van der Waals surface area contributed by atoms with Crippen LogP contribution >= 0.6 is 11.6 Å². The summed E-state index contributed by atoms with van der Waals surface area (Å²) in [6.07, 6.45) is 9.69. The van der Waals surface area contributed by atoms with E-state index in [9.17, 15) is 0 Å². The number of rotatable bonds is 5. The molecule has 18 heavy (non-hydrogen) atoms. The molecule has 2 aliphatic carbocycles. The number of hydrogen-bond acceptors (Lipinski definition) is 2. The van der Waals surface area contributed by atoms with Gasteiger partial charge in [-0.3, -0.25) is 0 Å². The van der Waals surface area contributed by atoms with Gasteiger partial charge in [0, 0.05) is 31.5 Å². The third-order valence-corrected chi connectivity index (χ3v) is 4.24. The molecule has 1 saturated carbocycles. The molecule has 3 heteroatoms. The van der Waals surface area contributed by atoms with Crippen molar-refractivity contribution in [3.05, 3.63) is 29.0 Å². The average molecular weight is 268 g/mol. The summed E-state index contributed by atoms with van der Waals surface area (Å²) in [5.41, 5.74) is 3.01. The molecule has 1 fully saturated rings. The van der Waals surface area contributed by atoms with Crippen LogP contribution < -0.4 is 0 Å². The van der Waals surface area contributed by atoms with Crippen molar-refractivity contribution in [2.24, 2.45) is 5.41 Å². The van der Waals surface area contributed by atoms with Crippen molar-refractivity contribution in [2.45, 2.75) is 38.3 Å². The first-order valence-electron chi connectivity index (χ1n) is 6.57. The van der Waals surface area contributed by atoms with Gasteiger partial charge in [-0.25, -0.2) is 0 Å². The molecule has 0 amide bonds. The fraction of sp³-hybridized carbons (Fsp3) is 0.667. The molecule has 0 radical (unpaired) electrons. The third-order valence-electron chi connectivity index (χ3n) is 3.99. The highest BCUT2D eigenvalue weighted by Crippen LogP contribution is 2.37. The summed E-state index contributed by atoms with van der Waals surface area (Å²) >= 11 is 6.18. The van der Waals surface area contributed by atoms with E-state index in [0.29, 0.717) is 0 Å². The molecular formula is C15H22ClNO. The second-order valence-electron chi connectivity index (χ2n) is 5.65. The number of ether oxygens (including phenoxy) is 1. The Balaban J connectivity index is 2.08. The molecule has 0 aromatic rings. The first-order valence-corrected chi connectivity index (χ1v) is 6.95. The van der Waals surface area contributed by atoms with Crippen LogP contribution in [-0.4, -0.2) is 37.7 Å². The van der Waals surface area contributed by atoms with Crippen molar-refractivity contribution in [3.8, 4) is 0 Å². The molecule has 0 spiro atoms. The summed E-state index contributed by atoms with van der Waals surface area (Å²) in [6.45, 7) is 3.16. The molecule has 0 saturated heterocycles. The van der Waals surface area contributed by atoms with Gasteiger partial charge >= 0.3 is 0 Å². The maximum Gasteiger partial charge on any atom is 0.0789 e. The summed E-state index contributed by atoms with van der Waals surface area (Å²) in [4.78, 5) is 2.41. The van der Waals surface area contributed by atoms with Crippen molar-refractivity contribution < 1.29 is 4.74 Å². The molecule has 0 N–H and O–H groups in total. The van der Waals surface area contributed by atoms with Crippen molar-refractivity contribution in [1.29, 1.82) is 0 Å². The van der Waals surface area contributed by atoms with Crippen LogP contribution in [0, 0.1) is 5.41 Å². The number of allylic oxidation sites excluding steroid dienone is 2. The lowest BCUT2D eigenvalue weighted by atomic mass is 9.80. The van der Waals surface area contributed by atoms with Gasteiger partial charge in [-0.1, -0.05) is 30.7 Å².